The third-order valence-electron chi connectivity index (χ3n) is 6.43. The Morgan fingerprint density at radius 1 is 1.18 bits per heavy atom. The van der Waals surface area contributed by atoms with Crippen LogP contribution in [0.5, 0.6) is 0 Å². The van der Waals surface area contributed by atoms with E-state index in [1.807, 2.05) is 6.92 Å². The fourth-order valence-corrected chi connectivity index (χ4v) is 5.15. The van der Waals surface area contributed by atoms with E-state index in [1.165, 1.54) is 19.3 Å². The summed E-state index contributed by atoms with van der Waals surface area (Å²) in [6.07, 6.45) is 5.73. The van der Waals surface area contributed by atoms with Crippen LogP contribution in [0.1, 0.15) is 66.2 Å². The molecule has 22 heavy (non-hydrogen) atoms. The van der Waals surface area contributed by atoms with Crippen molar-refractivity contribution in [1.29, 1.82) is 0 Å². The third-order valence-corrected chi connectivity index (χ3v) is 6.43. The number of aliphatic hydroxyl groups is 2. The standard InChI is InChI=1S/C18H33NO3/c1-16(2)6-5-7-17(3)11-13(10-15(21)19-8-9-20)18(4,22)12-14(16)17/h13-14,20,22H,5-12H2,1-4H3,(H,19,21)/t13-,14-,17+,18-/m1/s1. The second kappa shape index (κ2) is 6.12. The Bertz CT molecular complexity index is 419. The molecule has 0 unspecified atom stereocenters. The van der Waals surface area contributed by atoms with Gasteiger partial charge in [-0.05, 0) is 55.3 Å². The third kappa shape index (κ3) is 3.48. The van der Waals surface area contributed by atoms with E-state index in [4.69, 9.17) is 5.11 Å². The van der Waals surface area contributed by atoms with Gasteiger partial charge >= 0.3 is 0 Å². The highest BCUT2D eigenvalue weighted by molar-refractivity contribution is 5.76. The summed E-state index contributed by atoms with van der Waals surface area (Å²) in [6.45, 7) is 9.17. The number of nitrogens with one attached hydrogen (secondary N) is 1. The Morgan fingerprint density at radius 3 is 2.50 bits per heavy atom. The highest BCUT2D eigenvalue weighted by atomic mass is 16.3. The van der Waals surface area contributed by atoms with Gasteiger partial charge in [-0.2, -0.15) is 0 Å². The molecule has 0 aromatic rings. The van der Waals surface area contributed by atoms with Crippen LogP contribution in [0.4, 0.5) is 0 Å². The fraction of sp³-hybridized carbons (Fsp3) is 0.944. The van der Waals surface area contributed by atoms with Crippen molar-refractivity contribution in [2.24, 2.45) is 22.7 Å². The molecule has 2 aliphatic carbocycles. The molecule has 128 valence electrons. The normalized spacial score (nSPS) is 40.8. The van der Waals surface area contributed by atoms with Crippen molar-refractivity contribution in [3.8, 4) is 0 Å². The molecule has 4 heteroatoms. The van der Waals surface area contributed by atoms with Crippen molar-refractivity contribution in [3.05, 3.63) is 0 Å². The second-order valence-corrected chi connectivity index (χ2v) is 8.79. The summed E-state index contributed by atoms with van der Waals surface area (Å²) in [5.41, 5.74) is -0.289. The number of amides is 1. The Kier molecular flexibility index (Phi) is 4.94. The first-order valence-corrected chi connectivity index (χ1v) is 8.71. The van der Waals surface area contributed by atoms with Crippen molar-refractivity contribution in [3.63, 3.8) is 0 Å². The lowest BCUT2D eigenvalue weighted by Crippen LogP contribution is -2.55. The van der Waals surface area contributed by atoms with E-state index >= 15 is 0 Å². The van der Waals surface area contributed by atoms with E-state index in [1.54, 1.807) is 0 Å². The molecule has 0 bridgehead atoms. The van der Waals surface area contributed by atoms with Gasteiger partial charge in [0, 0.05) is 13.0 Å². The second-order valence-electron chi connectivity index (χ2n) is 8.79. The van der Waals surface area contributed by atoms with E-state index in [9.17, 15) is 9.90 Å². The van der Waals surface area contributed by atoms with Crippen LogP contribution in [0.2, 0.25) is 0 Å². The first-order valence-electron chi connectivity index (χ1n) is 8.71. The minimum absolute atomic E-state index is 0.00124. The minimum Gasteiger partial charge on any atom is -0.395 e. The number of hydrogen-bond acceptors (Lipinski definition) is 3. The van der Waals surface area contributed by atoms with Crippen LogP contribution in [0.25, 0.3) is 0 Å². The van der Waals surface area contributed by atoms with Crippen molar-refractivity contribution in [2.45, 2.75) is 71.8 Å². The van der Waals surface area contributed by atoms with E-state index in [0.29, 0.717) is 18.9 Å². The molecule has 0 aromatic carbocycles. The number of rotatable bonds is 4. The zero-order valence-electron chi connectivity index (χ0n) is 14.6. The molecule has 4 nitrogen and oxygen atoms in total. The minimum atomic E-state index is -0.782. The zero-order chi connectivity index (χ0) is 16.6. The molecule has 0 aliphatic heterocycles. The largest absolute Gasteiger partial charge is 0.395 e. The molecular weight excluding hydrogens is 278 g/mol. The molecule has 3 N–H and O–H groups in total. The van der Waals surface area contributed by atoms with Gasteiger partial charge in [-0.15, -0.1) is 0 Å². The predicted molar refractivity (Wildman–Crippen MR) is 87.3 cm³/mol. The molecule has 0 radical (unpaired) electrons. The molecule has 2 aliphatic rings. The summed E-state index contributed by atoms with van der Waals surface area (Å²) in [4.78, 5) is 12.0. The van der Waals surface area contributed by atoms with Crippen molar-refractivity contribution >= 4 is 5.91 Å². The summed E-state index contributed by atoms with van der Waals surface area (Å²) in [7, 11) is 0. The van der Waals surface area contributed by atoms with Gasteiger partial charge in [0.25, 0.3) is 0 Å². The molecular formula is C18H33NO3. The highest BCUT2D eigenvalue weighted by Gasteiger charge is 2.55. The number of carbonyl (C=O) groups excluding carboxylic acids is 1. The van der Waals surface area contributed by atoms with Crippen LogP contribution in [0.15, 0.2) is 0 Å². The van der Waals surface area contributed by atoms with Gasteiger partial charge in [0.1, 0.15) is 0 Å². The molecule has 1 amide bonds. The van der Waals surface area contributed by atoms with Crippen molar-refractivity contribution < 1.29 is 15.0 Å². The van der Waals surface area contributed by atoms with Crippen LogP contribution in [-0.2, 0) is 4.79 Å². The maximum atomic E-state index is 12.0. The molecule has 2 saturated carbocycles. The van der Waals surface area contributed by atoms with Crippen LogP contribution in [0, 0.1) is 22.7 Å². The van der Waals surface area contributed by atoms with Gasteiger partial charge in [-0.25, -0.2) is 0 Å². The van der Waals surface area contributed by atoms with Crippen LogP contribution >= 0.6 is 0 Å². The summed E-state index contributed by atoms with van der Waals surface area (Å²) >= 11 is 0. The monoisotopic (exact) mass is 311 g/mol. The summed E-state index contributed by atoms with van der Waals surface area (Å²) in [6, 6.07) is 0. The smallest absolute Gasteiger partial charge is 0.220 e. The average Bonchev–Trinajstić information content (AvgIpc) is 2.39. The van der Waals surface area contributed by atoms with Crippen LogP contribution in [-0.4, -0.2) is 34.9 Å². The molecule has 0 heterocycles. The Labute approximate surface area is 134 Å². The van der Waals surface area contributed by atoms with E-state index in [0.717, 1.165) is 12.8 Å². The molecule has 4 atom stereocenters. The van der Waals surface area contributed by atoms with E-state index in [-0.39, 0.29) is 29.3 Å². The first-order chi connectivity index (χ1) is 10.1. The molecule has 2 rings (SSSR count). The Balaban J connectivity index is 2.13. The van der Waals surface area contributed by atoms with Gasteiger partial charge in [0.15, 0.2) is 0 Å². The zero-order valence-corrected chi connectivity index (χ0v) is 14.6. The molecule has 0 spiro atoms. The number of fused-ring (bicyclic) bond motifs is 1. The first kappa shape index (κ1) is 17.7. The van der Waals surface area contributed by atoms with Crippen LogP contribution in [0.3, 0.4) is 0 Å². The van der Waals surface area contributed by atoms with Gasteiger partial charge in [-0.3, -0.25) is 4.79 Å². The molecule has 2 fully saturated rings. The maximum absolute atomic E-state index is 12.0. The van der Waals surface area contributed by atoms with Gasteiger partial charge in [-0.1, -0.05) is 27.2 Å². The SMILES string of the molecule is CC1(C)CCC[C@@]2(C)C[C@@H](CC(=O)NCCO)[C@](C)(O)C[C@H]12. The lowest BCUT2D eigenvalue weighted by Gasteiger charge is -2.59. The quantitative estimate of drug-likeness (QED) is 0.747. The lowest BCUT2D eigenvalue weighted by atomic mass is 9.47. The summed E-state index contributed by atoms with van der Waals surface area (Å²) in [5, 5.41) is 22.5. The van der Waals surface area contributed by atoms with Gasteiger partial charge < -0.3 is 15.5 Å². The molecule has 0 saturated heterocycles. The van der Waals surface area contributed by atoms with Crippen molar-refractivity contribution in [1.82, 2.24) is 5.32 Å². The van der Waals surface area contributed by atoms with Gasteiger partial charge in [0.05, 0.1) is 12.2 Å². The van der Waals surface area contributed by atoms with Crippen molar-refractivity contribution in [2.75, 3.05) is 13.2 Å². The summed E-state index contributed by atoms with van der Waals surface area (Å²) < 4.78 is 0. The topological polar surface area (TPSA) is 69.6 Å². The Morgan fingerprint density at radius 2 is 1.86 bits per heavy atom. The van der Waals surface area contributed by atoms with Gasteiger partial charge in [0.2, 0.25) is 5.91 Å². The predicted octanol–water partition coefficient (Wildman–Crippen LogP) is 2.48. The molecule has 0 aromatic heterocycles. The maximum Gasteiger partial charge on any atom is 0.220 e. The van der Waals surface area contributed by atoms with E-state index in [2.05, 4.69) is 26.1 Å². The van der Waals surface area contributed by atoms with Crippen LogP contribution < -0.4 is 5.32 Å². The summed E-state index contributed by atoms with van der Waals surface area (Å²) in [5.74, 6) is 0.457. The number of aliphatic hydroxyl groups excluding tert-OH is 1. The van der Waals surface area contributed by atoms with E-state index < -0.39 is 5.60 Å². The number of hydrogen-bond donors (Lipinski definition) is 3. The lowest BCUT2D eigenvalue weighted by molar-refractivity contribution is -0.154. The Hall–Kier alpha value is -0.610. The number of carbonyl (C=O) groups is 1. The fourth-order valence-electron chi connectivity index (χ4n) is 5.15. The highest BCUT2D eigenvalue weighted by Crippen LogP contribution is 2.61. The average molecular weight is 311 g/mol.